The molecule has 1 heterocycles. The van der Waals surface area contributed by atoms with E-state index in [1.807, 2.05) is 20.8 Å². The van der Waals surface area contributed by atoms with Gasteiger partial charge in [-0.15, -0.1) is 0 Å². The van der Waals surface area contributed by atoms with E-state index in [1.54, 1.807) is 0 Å². The highest BCUT2D eigenvalue weighted by Crippen LogP contribution is 2.25. The number of carbonyl (C=O) groups is 1. The second kappa shape index (κ2) is 8.88. The Morgan fingerprint density at radius 1 is 1.00 bits per heavy atom. The summed E-state index contributed by atoms with van der Waals surface area (Å²) in [5, 5.41) is 6.38. The lowest BCUT2D eigenvalue weighted by atomic mass is 9.86. The number of piperidine rings is 1. The van der Waals surface area contributed by atoms with E-state index in [0.29, 0.717) is 5.92 Å². The molecule has 5 heteroatoms. The van der Waals surface area contributed by atoms with Crippen LogP contribution in [0.5, 0.6) is 0 Å². The molecule has 0 radical (unpaired) electrons. The smallest absolute Gasteiger partial charge is 0.407 e. The van der Waals surface area contributed by atoms with E-state index in [4.69, 9.17) is 9.47 Å². The molecule has 5 nitrogen and oxygen atoms in total. The zero-order valence-electron chi connectivity index (χ0n) is 15.0. The molecule has 0 aromatic rings. The van der Waals surface area contributed by atoms with Crippen molar-refractivity contribution in [2.75, 3.05) is 26.3 Å². The molecule has 0 atom stereocenters. The SMILES string of the molecule is CC(C)(C)OC(=O)N[C@H]1CC[C@H](COCC2CCNCC2)CC1. The molecule has 2 N–H and O–H groups in total. The van der Waals surface area contributed by atoms with Gasteiger partial charge in [-0.05, 0) is 84.2 Å². The highest BCUT2D eigenvalue weighted by atomic mass is 16.6. The molecular formula is C18H34N2O3. The molecule has 23 heavy (non-hydrogen) atoms. The highest BCUT2D eigenvalue weighted by molar-refractivity contribution is 5.68. The van der Waals surface area contributed by atoms with Crippen LogP contribution in [0.25, 0.3) is 0 Å². The minimum atomic E-state index is -0.427. The third-order valence-corrected chi connectivity index (χ3v) is 4.73. The summed E-state index contributed by atoms with van der Waals surface area (Å²) in [7, 11) is 0. The van der Waals surface area contributed by atoms with E-state index in [2.05, 4.69) is 10.6 Å². The van der Waals surface area contributed by atoms with Crippen LogP contribution in [0.1, 0.15) is 59.3 Å². The first-order valence-electron chi connectivity index (χ1n) is 9.20. The van der Waals surface area contributed by atoms with Crippen LogP contribution in [-0.4, -0.2) is 44.0 Å². The third-order valence-electron chi connectivity index (χ3n) is 4.73. The molecule has 0 aromatic carbocycles. The van der Waals surface area contributed by atoms with Crippen LogP contribution in [0, 0.1) is 11.8 Å². The zero-order chi connectivity index (χ0) is 16.7. The maximum Gasteiger partial charge on any atom is 0.407 e. The summed E-state index contributed by atoms with van der Waals surface area (Å²) < 4.78 is 11.3. The number of ether oxygens (including phenoxy) is 2. The second-order valence-corrected chi connectivity index (χ2v) is 8.09. The molecule has 2 aliphatic rings. The van der Waals surface area contributed by atoms with Gasteiger partial charge in [0.05, 0.1) is 0 Å². The summed E-state index contributed by atoms with van der Waals surface area (Å²) in [5.74, 6) is 1.38. The van der Waals surface area contributed by atoms with Gasteiger partial charge >= 0.3 is 6.09 Å². The molecule has 1 aliphatic heterocycles. The number of alkyl carbamates (subject to hydrolysis) is 1. The predicted octanol–water partition coefficient (Wildman–Crippen LogP) is 3.09. The van der Waals surface area contributed by atoms with E-state index >= 15 is 0 Å². The number of hydrogen-bond acceptors (Lipinski definition) is 4. The van der Waals surface area contributed by atoms with Crippen molar-refractivity contribution in [2.45, 2.75) is 70.9 Å². The lowest BCUT2D eigenvalue weighted by Gasteiger charge is -2.30. The standard InChI is InChI=1S/C18H34N2O3/c1-18(2,3)23-17(21)20-16-6-4-14(5-7-16)12-22-13-15-8-10-19-11-9-15/h14-16,19H,4-13H2,1-3H3,(H,20,21)/t14-,16-. The molecule has 1 aliphatic carbocycles. The van der Waals surface area contributed by atoms with Crippen LogP contribution in [0.3, 0.4) is 0 Å². The van der Waals surface area contributed by atoms with Gasteiger partial charge in [-0.3, -0.25) is 0 Å². The van der Waals surface area contributed by atoms with Crippen LogP contribution >= 0.6 is 0 Å². The van der Waals surface area contributed by atoms with Crippen molar-refractivity contribution in [1.82, 2.24) is 10.6 Å². The largest absolute Gasteiger partial charge is 0.444 e. The van der Waals surface area contributed by atoms with Crippen molar-refractivity contribution in [3.63, 3.8) is 0 Å². The molecule has 1 saturated carbocycles. The van der Waals surface area contributed by atoms with Crippen LogP contribution in [0.4, 0.5) is 4.79 Å². The zero-order valence-corrected chi connectivity index (χ0v) is 15.0. The fourth-order valence-electron chi connectivity index (χ4n) is 3.40. The molecular weight excluding hydrogens is 292 g/mol. The average Bonchev–Trinajstić information content (AvgIpc) is 2.48. The summed E-state index contributed by atoms with van der Waals surface area (Å²) in [6, 6.07) is 0.255. The molecule has 1 amide bonds. The van der Waals surface area contributed by atoms with Crippen molar-refractivity contribution in [2.24, 2.45) is 11.8 Å². The van der Waals surface area contributed by atoms with Crippen molar-refractivity contribution < 1.29 is 14.3 Å². The van der Waals surface area contributed by atoms with Gasteiger partial charge in [0, 0.05) is 19.3 Å². The Hall–Kier alpha value is -0.810. The normalized spacial score (nSPS) is 26.7. The van der Waals surface area contributed by atoms with Crippen LogP contribution in [0.2, 0.25) is 0 Å². The fraction of sp³-hybridized carbons (Fsp3) is 0.944. The number of carbonyl (C=O) groups excluding carboxylic acids is 1. The van der Waals surface area contributed by atoms with E-state index < -0.39 is 5.60 Å². The van der Waals surface area contributed by atoms with Crippen molar-refractivity contribution >= 4 is 6.09 Å². The van der Waals surface area contributed by atoms with Crippen LogP contribution in [-0.2, 0) is 9.47 Å². The van der Waals surface area contributed by atoms with Gasteiger partial charge in [-0.1, -0.05) is 0 Å². The first-order valence-corrected chi connectivity index (χ1v) is 9.20. The Labute approximate surface area is 140 Å². The summed E-state index contributed by atoms with van der Waals surface area (Å²) in [6.07, 6.45) is 6.52. The van der Waals surface area contributed by atoms with E-state index in [-0.39, 0.29) is 12.1 Å². The lowest BCUT2D eigenvalue weighted by Crippen LogP contribution is -2.41. The predicted molar refractivity (Wildman–Crippen MR) is 91.5 cm³/mol. The number of amides is 1. The Morgan fingerprint density at radius 2 is 1.57 bits per heavy atom. The summed E-state index contributed by atoms with van der Waals surface area (Å²) in [5.41, 5.74) is -0.427. The Bertz CT molecular complexity index is 354. The van der Waals surface area contributed by atoms with Crippen LogP contribution in [0.15, 0.2) is 0 Å². The van der Waals surface area contributed by atoms with Gasteiger partial charge < -0.3 is 20.1 Å². The Balaban J connectivity index is 1.55. The third kappa shape index (κ3) is 7.53. The van der Waals surface area contributed by atoms with Crippen LogP contribution < -0.4 is 10.6 Å². The summed E-state index contributed by atoms with van der Waals surface area (Å²) in [6.45, 7) is 9.74. The van der Waals surface area contributed by atoms with Gasteiger partial charge in [0.15, 0.2) is 0 Å². The van der Waals surface area contributed by atoms with Crippen molar-refractivity contribution in [3.05, 3.63) is 0 Å². The van der Waals surface area contributed by atoms with Gasteiger partial charge in [0.2, 0.25) is 0 Å². The quantitative estimate of drug-likeness (QED) is 0.815. The van der Waals surface area contributed by atoms with Crippen molar-refractivity contribution in [3.8, 4) is 0 Å². The molecule has 0 spiro atoms. The molecule has 1 saturated heterocycles. The minimum absolute atomic E-state index is 0.255. The maximum atomic E-state index is 11.8. The van der Waals surface area contributed by atoms with Gasteiger partial charge in [-0.25, -0.2) is 4.79 Å². The van der Waals surface area contributed by atoms with E-state index in [0.717, 1.165) is 57.9 Å². The monoisotopic (exact) mass is 326 g/mol. The Kier molecular flexibility index (Phi) is 7.15. The number of hydrogen-bond donors (Lipinski definition) is 2. The summed E-state index contributed by atoms with van der Waals surface area (Å²) >= 11 is 0. The minimum Gasteiger partial charge on any atom is -0.444 e. The first kappa shape index (κ1) is 18.5. The molecule has 134 valence electrons. The first-order chi connectivity index (χ1) is 10.9. The number of rotatable bonds is 5. The second-order valence-electron chi connectivity index (χ2n) is 8.09. The van der Waals surface area contributed by atoms with Gasteiger partial charge in [-0.2, -0.15) is 0 Å². The fourth-order valence-corrected chi connectivity index (χ4v) is 3.40. The Morgan fingerprint density at radius 3 is 2.13 bits per heavy atom. The van der Waals surface area contributed by atoms with E-state index in [9.17, 15) is 4.79 Å². The maximum absolute atomic E-state index is 11.8. The molecule has 0 unspecified atom stereocenters. The van der Waals surface area contributed by atoms with Crippen molar-refractivity contribution in [1.29, 1.82) is 0 Å². The summed E-state index contributed by atoms with van der Waals surface area (Å²) in [4.78, 5) is 11.8. The molecule has 0 bridgehead atoms. The van der Waals surface area contributed by atoms with Gasteiger partial charge in [0.25, 0.3) is 0 Å². The molecule has 2 rings (SSSR count). The van der Waals surface area contributed by atoms with Gasteiger partial charge in [0.1, 0.15) is 5.60 Å². The lowest BCUT2D eigenvalue weighted by molar-refractivity contribution is 0.0408. The average molecular weight is 326 g/mol. The topological polar surface area (TPSA) is 59.6 Å². The van der Waals surface area contributed by atoms with E-state index in [1.165, 1.54) is 12.8 Å². The number of nitrogens with one attached hydrogen (secondary N) is 2. The molecule has 2 fully saturated rings. The molecule has 0 aromatic heterocycles. The highest BCUT2D eigenvalue weighted by Gasteiger charge is 2.25.